The molecule has 2 aliphatic heterocycles. The van der Waals surface area contributed by atoms with E-state index in [1.54, 1.807) is 0 Å². The molecule has 2 aliphatic rings. The van der Waals surface area contributed by atoms with Crippen molar-refractivity contribution in [3.05, 3.63) is 12.1 Å². The van der Waals surface area contributed by atoms with Crippen molar-refractivity contribution in [3.8, 4) is 0 Å². The molecular formula is C14H19N5O. The van der Waals surface area contributed by atoms with Crippen LogP contribution in [-0.4, -0.2) is 40.4 Å². The largest absolute Gasteiger partial charge is 0.397 e. The van der Waals surface area contributed by atoms with E-state index in [4.69, 9.17) is 10.4 Å². The second-order valence-electron chi connectivity index (χ2n) is 5.86. The van der Waals surface area contributed by atoms with Crippen LogP contribution in [0.2, 0.25) is 0 Å². The maximum Gasteiger partial charge on any atom is 0.160 e. The predicted molar refractivity (Wildman–Crippen MR) is 77.5 cm³/mol. The molecule has 106 valence electrons. The zero-order chi connectivity index (χ0) is 13.5. The second kappa shape index (κ2) is 4.63. The van der Waals surface area contributed by atoms with Gasteiger partial charge in [0.25, 0.3) is 0 Å². The van der Waals surface area contributed by atoms with E-state index >= 15 is 0 Å². The molecule has 4 rings (SSSR count). The van der Waals surface area contributed by atoms with Gasteiger partial charge in [0.15, 0.2) is 11.0 Å². The van der Waals surface area contributed by atoms with E-state index in [1.165, 1.54) is 38.8 Å². The van der Waals surface area contributed by atoms with Crippen molar-refractivity contribution in [1.82, 2.24) is 15.2 Å². The molecule has 0 aliphatic carbocycles. The van der Waals surface area contributed by atoms with Crippen molar-refractivity contribution >= 4 is 22.4 Å². The van der Waals surface area contributed by atoms with E-state index < -0.39 is 0 Å². The summed E-state index contributed by atoms with van der Waals surface area (Å²) in [7, 11) is 0. The van der Waals surface area contributed by atoms with Crippen LogP contribution in [0.5, 0.6) is 0 Å². The summed E-state index contributed by atoms with van der Waals surface area (Å²) < 4.78 is 4.82. The SMILES string of the molecule is Nc1ccc(NC2CCN3CCCC3C2)c2nonc12. The molecule has 2 aromatic rings. The molecule has 20 heavy (non-hydrogen) atoms. The Morgan fingerprint density at radius 2 is 2.10 bits per heavy atom. The third-order valence-corrected chi connectivity index (χ3v) is 4.63. The third-order valence-electron chi connectivity index (χ3n) is 4.63. The van der Waals surface area contributed by atoms with Crippen LogP contribution in [0.15, 0.2) is 16.8 Å². The lowest BCUT2D eigenvalue weighted by molar-refractivity contribution is 0.188. The number of aromatic nitrogens is 2. The number of rotatable bonds is 2. The number of nitrogens with one attached hydrogen (secondary N) is 1. The summed E-state index contributed by atoms with van der Waals surface area (Å²) in [5.41, 5.74) is 8.84. The van der Waals surface area contributed by atoms with Crippen molar-refractivity contribution in [1.29, 1.82) is 0 Å². The first kappa shape index (κ1) is 12.0. The van der Waals surface area contributed by atoms with Gasteiger partial charge in [-0.3, -0.25) is 0 Å². The molecular weight excluding hydrogens is 254 g/mol. The quantitative estimate of drug-likeness (QED) is 0.813. The Hall–Kier alpha value is -1.82. The van der Waals surface area contributed by atoms with Gasteiger partial charge in [0.2, 0.25) is 0 Å². The van der Waals surface area contributed by atoms with Crippen LogP contribution >= 0.6 is 0 Å². The smallest absolute Gasteiger partial charge is 0.160 e. The number of fused-ring (bicyclic) bond motifs is 2. The van der Waals surface area contributed by atoms with E-state index in [0.29, 0.717) is 17.2 Å². The molecule has 6 heteroatoms. The van der Waals surface area contributed by atoms with Gasteiger partial charge in [-0.1, -0.05) is 0 Å². The minimum Gasteiger partial charge on any atom is -0.397 e. The maximum absolute atomic E-state index is 5.88. The highest BCUT2D eigenvalue weighted by atomic mass is 16.6. The summed E-state index contributed by atoms with van der Waals surface area (Å²) >= 11 is 0. The molecule has 3 N–H and O–H groups in total. The number of hydrogen-bond acceptors (Lipinski definition) is 6. The zero-order valence-corrected chi connectivity index (χ0v) is 11.4. The zero-order valence-electron chi connectivity index (χ0n) is 11.4. The Morgan fingerprint density at radius 3 is 3.05 bits per heavy atom. The van der Waals surface area contributed by atoms with Crippen LogP contribution < -0.4 is 11.1 Å². The molecule has 2 atom stereocenters. The molecule has 2 fully saturated rings. The number of anilines is 2. The molecule has 0 spiro atoms. The average molecular weight is 273 g/mol. The molecule has 0 bridgehead atoms. The number of nitrogen functional groups attached to an aromatic ring is 1. The fraction of sp³-hybridized carbons (Fsp3) is 0.571. The van der Waals surface area contributed by atoms with Crippen molar-refractivity contribution in [2.75, 3.05) is 24.1 Å². The number of nitrogens with zero attached hydrogens (tertiary/aromatic N) is 3. The number of piperidine rings is 1. The minimum atomic E-state index is 0.498. The Bertz CT molecular complexity index is 625. The normalized spacial score (nSPS) is 26.8. The first-order valence-electron chi connectivity index (χ1n) is 7.32. The summed E-state index contributed by atoms with van der Waals surface area (Å²) in [6, 6.07) is 5.08. The van der Waals surface area contributed by atoms with Gasteiger partial charge >= 0.3 is 0 Å². The molecule has 2 saturated heterocycles. The van der Waals surface area contributed by atoms with E-state index in [9.17, 15) is 0 Å². The van der Waals surface area contributed by atoms with Crippen LogP contribution in [0.4, 0.5) is 11.4 Å². The molecule has 1 aromatic heterocycles. The molecule has 1 aromatic carbocycles. The maximum atomic E-state index is 5.88. The van der Waals surface area contributed by atoms with Crippen LogP contribution in [-0.2, 0) is 0 Å². The summed E-state index contributed by atoms with van der Waals surface area (Å²) in [5, 5.41) is 11.4. The third kappa shape index (κ3) is 1.91. The van der Waals surface area contributed by atoms with Gasteiger partial charge in [0.05, 0.1) is 11.4 Å². The van der Waals surface area contributed by atoms with Crippen LogP contribution in [0, 0.1) is 0 Å². The fourth-order valence-electron chi connectivity index (χ4n) is 3.58. The summed E-state index contributed by atoms with van der Waals surface area (Å²) in [6.07, 6.45) is 5.06. The standard InChI is InChI=1S/C14H19N5O/c15-11-3-4-12(14-13(11)17-20-18-14)16-9-5-7-19-6-1-2-10(19)8-9/h3-4,9-10,16H,1-2,5-8,15H2. The van der Waals surface area contributed by atoms with Gasteiger partial charge in [0.1, 0.15) is 0 Å². The molecule has 0 saturated carbocycles. The molecule has 0 amide bonds. The number of nitrogens with two attached hydrogens (primary N) is 1. The van der Waals surface area contributed by atoms with Crippen LogP contribution in [0.1, 0.15) is 25.7 Å². The monoisotopic (exact) mass is 273 g/mol. The topological polar surface area (TPSA) is 80.2 Å². The highest BCUT2D eigenvalue weighted by molar-refractivity contribution is 5.95. The lowest BCUT2D eigenvalue weighted by atomic mass is 9.97. The Morgan fingerprint density at radius 1 is 1.20 bits per heavy atom. The lowest BCUT2D eigenvalue weighted by Gasteiger charge is -2.35. The van der Waals surface area contributed by atoms with Gasteiger partial charge in [-0.15, -0.1) is 0 Å². The summed E-state index contributed by atoms with van der Waals surface area (Å²) in [5.74, 6) is 0. The van der Waals surface area contributed by atoms with E-state index in [1.807, 2.05) is 12.1 Å². The molecule has 6 nitrogen and oxygen atoms in total. The second-order valence-corrected chi connectivity index (χ2v) is 5.86. The van der Waals surface area contributed by atoms with Gasteiger partial charge in [-0.25, -0.2) is 4.63 Å². The number of benzene rings is 1. The average Bonchev–Trinajstić information content (AvgIpc) is 3.10. The van der Waals surface area contributed by atoms with Crippen molar-refractivity contribution in [3.63, 3.8) is 0 Å². The minimum absolute atomic E-state index is 0.498. The number of hydrogen-bond donors (Lipinski definition) is 2. The lowest BCUT2D eigenvalue weighted by Crippen LogP contribution is -2.42. The Labute approximate surface area is 117 Å². The van der Waals surface area contributed by atoms with Gasteiger partial charge < -0.3 is 16.0 Å². The first-order valence-corrected chi connectivity index (χ1v) is 7.32. The van der Waals surface area contributed by atoms with Crippen molar-refractivity contribution in [2.45, 2.75) is 37.8 Å². The highest BCUT2D eigenvalue weighted by Gasteiger charge is 2.31. The molecule has 2 unspecified atom stereocenters. The van der Waals surface area contributed by atoms with Gasteiger partial charge in [-0.05, 0) is 54.7 Å². The highest BCUT2D eigenvalue weighted by Crippen LogP contribution is 2.31. The van der Waals surface area contributed by atoms with Crippen molar-refractivity contribution < 1.29 is 4.63 Å². The van der Waals surface area contributed by atoms with Gasteiger partial charge in [0, 0.05) is 18.6 Å². The summed E-state index contributed by atoms with van der Waals surface area (Å²) in [6.45, 7) is 2.47. The fourth-order valence-corrected chi connectivity index (χ4v) is 3.58. The van der Waals surface area contributed by atoms with Crippen LogP contribution in [0.3, 0.4) is 0 Å². The predicted octanol–water partition coefficient (Wildman–Crippen LogP) is 1.84. The van der Waals surface area contributed by atoms with Crippen molar-refractivity contribution in [2.24, 2.45) is 0 Å². The summed E-state index contributed by atoms with van der Waals surface area (Å²) in [4.78, 5) is 2.62. The van der Waals surface area contributed by atoms with E-state index in [0.717, 1.165) is 17.2 Å². The Kier molecular flexibility index (Phi) is 2.77. The van der Waals surface area contributed by atoms with E-state index in [-0.39, 0.29) is 0 Å². The van der Waals surface area contributed by atoms with E-state index in [2.05, 4.69) is 20.5 Å². The molecule has 3 heterocycles. The first-order chi connectivity index (χ1) is 9.81. The Balaban J connectivity index is 1.56. The molecule has 0 radical (unpaired) electrons. The van der Waals surface area contributed by atoms with Gasteiger partial charge in [-0.2, -0.15) is 0 Å². The van der Waals surface area contributed by atoms with Crippen LogP contribution in [0.25, 0.3) is 11.0 Å².